The van der Waals surface area contributed by atoms with Crippen LogP contribution in [-0.2, 0) is 6.42 Å². The Kier molecular flexibility index (Phi) is 3.21. The van der Waals surface area contributed by atoms with E-state index in [4.69, 9.17) is 10.3 Å². The van der Waals surface area contributed by atoms with Gasteiger partial charge in [-0.15, -0.1) is 0 Å². The van der Waals surface area contributed by atoms with Gasteiger partial charge in [0.05, 0.1) is 0 Å². The zero-order chi connectivity index (χ0) is 11.4. The van der Waals surface area contributed by atoms with Crippen molar-refractivity contribution in [2.45, 2.75) is 25.8 Å². The van der Waals surface area contributed by atoms with E-state index in [1.165, 1.54) is 6.33 Å². The van der Waals surface area contributed by atoms with Crippen LogP contribution in [0.25, 0.3) is 11.5 Å². The lowest BCUT2D eigenvalue weighted by Crippen LogP contribution is -2.15. The lowest BCUT2D eigenvalue weighted by atomic mass is 10.2. The summed E-state index contributed by atoms with van der Waals surface area (Å²) in [5.74, 6) is 1.08. The van der Waals surface area contributed by atoms with Gasteiger partial charge in [-0.1, -0.05) is 5.16 Å². The van der Waals surface area contributed by atoms with Gasteiger partial charge in [0.1, 0.15) is 12.0 Å². The van der Waals surface area contributed by atoms with E-state index >= 15 is 0 Å². The fourth-order valence-electron chi connectivity index (χ4n) is 1.23. The van der Waals surface area contributed by atoms with Crippen molar-refractivity contribution in [3.63, 3.8) is 0 Å². The number of aromatic nitrogens is 4. The molecule has 0 saturated carbocycles. The first-order valence-corrected chi connectivity index (χ1v) is 5.10. The summed E-state index contributed by atoms with van der Waals surface area (Å²) in [7, 11) is 0. The molecule has 0 spiro atoms. The molecule has 0 aliphatic carbocycles. The van der Waals surface area contributed by atoms with Crippen LogP contribution in [0.3, 0.4) is 0 Å². The number of nitrogens with two attached hydrogens (primary N) is 1. The Bertz CT molecular complexity index is 439. The van der Waals surface area contributed by atoms with E-state index in [1.54, 1.807) is 12.3 Å². The second-order valence-corrected chi connectivity index (χ2v) is 3.62. The molecule has 2 aromatic rings. The van der Waals surface area contributed by atoms with Gasteiger partial charge in [-0.2, -0.15) is 4.98 Å². The van der Waals surface area contributed by atoms with Crippen molar-refractivity contribution >= 4 is 0 Å². The van der Waals surface area contributed by atoms with E-state index < -0.39 is 0 Å². The minimum absolute atomic E-state index is 0.134. The minimum Gasteiger partial charge on any atom is -0.339 e. The van der Waals surface area contributed by atoms with E-state index in [0.717, 1.165) is 6.42 Å². The average Bonchev–Trinajstić information content (AvgIpc) is 2.76. The molecule has 84 valence electrons. The fraction of sp³-hybridized carbons (Fsp3) is 0.400. The zero-order valence-electron chi connectivity index (χ0n) is 9.00. The minimum atomic E-state index is 0.134. The Morgan fingerprint density at radius 1 is 1.50 bits per heavy atom. The zero-order valence-corrected chi connectivity index (χ0v) is 9.00. The molecule has 0 saturated heterocycles. The largest absolute Gasteiger partial charge is 0.339 e. The maximum atomic E-state index is 5.65. The smallest absolute Gasteiger partial charge is 0.227 e. The van der Waals surface area contributed by atoms with Crippen LogP contribution in [0.2, 0.25) is 0 Å². The van der Waals surface area contributed by atoms with Gasteiger partial charge in [0.25, 0.3) is 0 Å². The van der Waals surface area contributed by atoms with Crippen molar-refractivity contribution in [2.24, 2.45) is 5.73 Å². The van der Waals surface area contributed by atoms with Crippen LogP contribution < -0.4 is 5.73 Å². The second-order valence-electron chi connectivity index (χ2n) is 3.62. The highest BCUT2D eigenvalue weighted by Crippen LogP contribution is 2.12. The first-order chi connectivity index (χ1) is 7.75. The van der Waals surface area contributed by atoms with Crippen LogP contribution in [0.4, 0.5) is 0 Å². The summed E-state index contributed by atoms with van der Waals surface area (Å²) in [5.41, 5.74) is 6.31. The molecule has 1 atom stereocenters. The van der Waals surface area contributed by atoms with Crippen LogP contribution in [0.5, 0.6) is 0 Å². The van der Waals surface area contributed by atoms with Gasteiger partial charge < -0.3 is 10.3 Å². The monoisotopic (exact) mass is 219 g/mol. The molecular formula is C10H13N5O. The van der Waals surface area contributed by atoms with E-state index in [0.29, 0.717) is 23.8 Å². The van der Waals surface area contributed by atoms with Crippen molar-refractivity contribution in [3.8, 4) is 11.5 Å². The third kappa shape index (κ3) is 2.60. The number of rotatable bonds is 4. The van der Waals surface area contributed by atoms with E-state index in [1.807, 2.05) is 6.92 Å². The van der Waals surface area contributed by atoms with E-state index in [9.17, 15) is 0 Å². The van der Waals surface area contributed by atoms with Crippen LogP contribution in [-0.4, -0.2) is 26.2 Å². The van der Waals surface area contributed by atoms with Crippen LogP contribution in [0.1, 0.15) is 19.2 Å². The average molecular weight is 219 g/mol. The summed E-state index contributed by atoms with van der Waals surface area (Å²) < 4.78 is 5.09. The van der Waals surface area contributed by atoms with Crippen LogP contribution >= 0.6 is 0 Å². The van der Waals surface area contributed by atoms with Gasteiger partial charge in [0.2, 0.25) is 11.7 Å². The molecule has 2 rings (SSSR count). The number of hydrogen-bond acceptors (Lipinski definition) is 6. The highest BCUT2D eigenvalue weighted by molar-refractivity contribution is 5.46. The summed E-state index contributed by atoms with van der Waals surface area (Å²) in [6, 6.07) is 1.87. The normalized spacial score (nSPS) is 12.6. The molecule has 6 heteroatoms. The molecule has 2 aromatic heterocycles. The van der Waals surface area contributed by atoms with Gasteiger partial charge in [-0.05, 0) is 19.4 Å². The second kappa shape index (κ2) is 4.80. The molecule has 0 fully saturated rings. The summed E-state index contributed by atoms with van der Waals surface area (Å²) in [6.07, 6.45) is 4.61. The molecule has 0 aliphatic rings. The van der Waals surface area contributed by atoms with Crippen LogP contribution in [0.15, 0.2) is 23.1 Å². The molecule has 0 radical (unpaired) electrons. The van der Waals surface area contributed by atoms with Gasteiger partial charge in [0, 0.05) is 18.7 Å². The van der Waals surface area contributed by atoms with Crippen molar-refractivity contribution in [1.82, 2.24) is 20.1 Å². The van der Waals surface area contributed by atoms with Gasteiger partial charge in [0.15, 0.2) is 0 Å². The Balaban J connectivity index is 2.08. The van der Waals surface area contributed by atoms with Crippen molar-refractivity contribution < 1.29 is 4.52 Å². The highest BCUT2D eigenvalue weighted by atomic mass is 16.5. The van der Waals surface area contributed by atoms with Crippen molar-refractivity contribution in [1.29, 1.82) is 0 Å². The summed E-state index contributed by atoms with van der Waals surface area (Å²) in [5, 5.41) is 3.85. The Hall–Kier alpha value is -1.82. The Morgan fingerprint density at radius 3 is 3.06 bits per heavy atom. The Labute approximate surface area is 92.9 Å². The van der Waals surface area contributed by atoms with Gasteiger partial charge in [-0.3, -0.25) is 0 Å². The maximum Gasteiger partial charge on any atom is 0.227 e. The van der Waals surface area contributed by atoms with Gasteiger partial charge >= 0.3 is 0 Å². The molecular weight excluding hydrogens is 206 g/mol. The van der Waals surface area contributed by atoms with E-state index in [-0.39, 0.29) is 6.04 Å². The lowest BCUT2D eigenvalue weighted by molar-refractivity contribution is 0.372. The molecule has 0 amide bonds. The molecule has 0 bridgehead atoms. The van der Waals surface area contributed by atoms with E-state index in [2.05, 4.69) is 20.1 Å². The lowest BCUT2D eigenvalue weighted by Gasteiger charge is -1.99. The third-order valence-electron chi connectivity index (χ3n) is 2.09. The van der Waals surface area contributed by atoms with Crippen molar-refractivity contribution in [2.75, 3.05) is 0 Å². The molecule has 6 nitrogen and oxygen atoms in total. The standard InChI is InChI=1S/C10H13N5O/c1-7(11)2-3-9-14-10(15-16-9)8-4-5-12-6-13-8/h4-7H,2-3,11H2,1H3. The molecule has 2 heterocycles. The fourth-order valence-corrected chi connectivity index (χ4v) is 1.23. The van der Waals surface area contributed by atoms with Crippen LogP contribution in [0, 0.1) is 0 Å². The quantitative estimate of drug-likeness (QED) is 0.818. The summed E-state index contributed by atoms with van der Waals surface area (Å²) in [4.78, 5) is 12.1. The number of aryl methyl sites for hydroxylation is 1. The predicted molar refractivity (Wildman–Crippen MR) is 57.3 cm³/mol. The summed E-state index contributed by atoms with van der Waals surface area (Å²) >= 11 is 0. The topological polar surface area (TPSA) is 90.7 Å². The number of nitrogens with zero attached hydrogens (tertiary/aromatic N) is 4. The first-order valence-electron chi connectivity index (χ1n) is 5.10. The third-order valence-corrected chi connectivity index (χ3v) is 2.09. The molecule has 2 N–H and O–H groups in total. The Morgan fingerprint density at radius 2 is 2.38 bits per heavy atom. The molecule has 0 aliphatic heterocycles. The molecule has 1 unspecified atom stereocenters. The molecule has 16 heavy (non-hydrogen) atoms. The summed E-state index contributed by atoms with van der Waals surface area (Å²) in [6.45, 7) is 1.95. The number of hydrogen-bond donors (Lipinski definition) is 1. The van der Waals surface area contributed by atoms with Crippen molar-refractivity contribution in [3.05, 3.63) is 24.5 Å². The maximum absolute atomic E-state index is 5.65. The van der Waals surface area contributed by atoms with Gasteiger partial charge in [-0.25, -0.2) is 9.97 Å². The molecule has 0 aromatic carbocycles. The first kappa shape index (κ1) is 10.7. The SMILES string of the molecule is CC(N)CCc1nc(-c2ccncn2)no1. The predicted octanol–water partition coefficient (Wildman–Crippen LogP) is 0.806. The highest BCUT2D eigenvalue weighted by Gasteiger charge is 2.09.